The number of hydrogen-bond acceptors (Lipinski definition) is 15. The van der Waals surface area contributed by atoms with Gasteiger partial charge < -0.3 is 33.8 Å². The number of unbranched alkanes of at least 4 members (excludes halogenated alkanes) is 43. The van der Waals surface area contributed by atoms with E-state index in [-0.39, 0.29) is 25.7 Å². The van der Waals surface area contributed by atoms with E-state index >= 15 is 0 Å². The van der Waals surface area contributed by atoms with E-state index < -0.39 is 97.5 Å². The second kappa shape index (κ2) is 70.1. The van der Waals surface area contributed by atoms with Crippen molar-refractivity contribution in [1.29, 1.82) is 0 Å². The van der Waals surface area contributed by atoms with Crippen molar-refractivity contribution in [2.75, 3.05) is 39.6 Å². The number of aliphatic hydroxyl groups excluding tert-OH is 1. The number of phosphoric acid groups is 2. The lowest BCUT2D eigenvalue weighted by molar-refractivity contribution is -0.161. The second-order valence-electron chi connectivity index (χ2n) is 30.8. The van der Waals surface area contributed by atoms with Crippen LogP contribution in [0.2, 0.25) is 0 Å². The standard InChI is InChI=1S/C81H158O17P2/c1-9-74(8)60-52-44-36-28-21-17-14-15-19-23-30-38-47-55-63-80(85)98-77(68-92-79(84)62-54-46-40-32-35-43-51-59-73(6)7)70-96-100(89,90)94-66-75(82)65-93-99(87,88)95-69-76(97-81(86)64-56-48-39-31-25-24-27-34-42-50-58-72(4)5)67-91-78(83)61-53-45-37-29-22-18-13-11-10-12-16-20-26-33-41-49-57-71(2)3/h71-77,82H,9-70H2,1-8H3,(H,87,88)(H,89,90)/t74?,75?,76-,77-/m1/s1. The third-order valence-electron chi connectivity index (χ3n) is 19.2. The summed E-state index contributed by atoms with van der Waals surface area (Å²) in [6.45, 7) is 14.3. The van der Waals surface area contributed by atoms with Crippen LogP contribution < -0.4 is 0 Å². The van der Waals surface area contributed by atoms with Crippen molar-refractivity contribution in [3.8, 4) is 0 Å². The SMILES string of the molecule is CCC(C)CCCCCCCCCCCCCCCCC(=O)O[C@H](COC(=O)CCCCCCCCCC(C)C)COP(=O)(O)OCC(O)COP(=O)(O)OC[C@@H](COC(=O)CCCCCCCCCCCCCCCCCCC(C)C)OC(=O)CCCCCCCCCCCCC(C)C. The van der Waals surface area contributed by atoms with Gasteiger partial charge in [-0.3, -0.25) is 37.3 Å². The van der Waals surface area contributed by atoms with E-state index in [1.54, 1.807) is 0 Å². The summed E-state index contributed by atoms with van der Waals surface area (Å²) in [6, 6.07) is 0. The Bertz CT molecular complexity index is 1960. The number of rotatable bonds is 78. The molecule has 0 rings (SSSR count). The lowest BCUT2D eigenvalue weighted by Crippen LogP contribution is -2.30. The third kappa shape index (κ3) is 73.0. The molecule has 0 aliphatic carbocycles. The molecule has 17 nitrogen and oxygen atoms in total. The largest absolute Gasteiger partial charge is 0.472 e. The highest BCUT2D eigenvalue weighted by molar-refractivity contribution is 7.47. The number of esters is 4. The van der Waals surface area contributed by atoms with Gasteiger partial charge in [0.2, 0.25) is 0 Å². The summed E-state index contributed by atoms with van der Waals surface area (Å²) >= 11 is 0. The van der Waals surface area contributed by atoms with Crippen LogP contribution in [0.4, 0.5) is 0 Å². The first-order chi connectivity index (χ1) is 48.1. The number of ether oxygens (including phenoxy) is 4. The molecule has 0 heterocycles. The highest BCUT2D eigenvalue weighted by Crippen LogP contribution is 2.45. The zero-order valence-corrected chi connectivity index (χ0v) is 67.6. The summed E-state index contributed by atoms with van der Waals surface area (Å²) in [5, 5.41) is 10.6. The van der Waals surface area contributed by atoms with E-state index in [9.17, 15) is 43.2 Å². The Morgan fingerprint density at radius 3 is 0.710 bits per heavy atom. The van der Waals surface area contributed by atoms with Crippen molar-refractivity contribution in [3.05, 3.63) is 0 Å². The van der Waals surface area contributed by atoms with Gasteiger partial charge >= 0.3 is 39.5 Å². The molecule has 0 saturated heterocycles. The molecule has 3 N–H and O–H groups in total. The fourth-order valence-electron chi connectivity index (χ4n) is 12.4. The molecule has 100 heavy (non-hydrogen) atoms. The molecule has 594 valence electrons. The summed E-state index contributed by atoms with van der Waals surface area (Å²) in [5.41, 5.74) is 0. The Morgan fingerprint density at radius 1 is 0.280 bits per heavy atom. The number of hydrogen-bond donors (Lipinski definition) is 3. The first-order valence-electron chi connectivity index (χ1n) is 41.7. The lowest BCUT2D eigenvalue weighted by atomic mass is 9.99. The predicted molar refractivity (Wildman–Crippen MR) is 409 cm³/mol. The highest BCUT2D eigenvalue weighted by atomic mass is 31.2. The maximum absolute atomic E-state index is 13.1. The average molecular weight is 1470 g/mol. The Balaban J connectivity index is 5.21. The minimum atomic E-state index is -4.96. The quantitative estimate of drug-likeness (QED) is 0.0222. The van der Waals surface area contributed by atoms with Crippen LogP contribution in [0.15, 0.2) is 0 Å². The van der Waals surface area contributed by atoms with E-state index in [0.29, 0.717) is 31.6 Å². The van der Waals surface area contributed by atoms with Crippen LogP contribution in [0.1, 0.15) is 415 Å². The maximum Gasteiger partial charge on any atom is 0.472 e. The fourth-order valence-corrected chi connectivity index (χ4v) is 14.0. The molecule has 0 spiro atoms. The minimum Gasteiger partial charge on any atom is -0.462 e. The third-order valence-corrected chi connectivity index (χ3v) is 21.1. The van der Waals surface area contributed by atoms with E-state index in [4.69, 9.17) is 37.0 Å². The van der Waals surface area contributed by atoms with Crippen LogP contribution in [0.5, 0.6) is 0 Å². The van der Waals surface area contributed by atoms with Gasteiger partial charge in [-0.15, -0.1) is 0 Å². The maximum atomic E-state index is 13.1. The molecule has 0 bridgehead atoms. The van der Waals surface area contributed by atoms with Gasteiger partial charge in [-0.2, -0.15) is 0 Å². The summed E-state index contributed by atoms with van der Waals surface area (Å²) in [7, 11) is -9.92. The molecule has 0 aliphatic heterocycles. The van der Waals surface area contributed by atoms with Gasteiger partial charge in [-0.1, -0.05) is 364 Å². The van der Waals surface area contributed by atoms with Crippen molar-refractivity contribution in [2.45, 2.75) is 433 Å². The van der Waals surface area contributed by atoms with Crippen LogP contribution in [0.3, 0.4) is 0 Å². The Hall–Kier alpha value is -1.94. The molecule has 4 unspecified atom stereocenters. The normalized spacial score (nSPS) is 14.3. The first kappa shape index (κ1) is 98.1. The van der Waals surface area contributed by atoms with Crippen molar-refractivity contribution >= 4 is 39.5 Å². The van der Waals surface area contributed by atoms with E-state index in [2.05, 4.69) is 55.4 Å². The highest BCUT2D eigenvalue weighted by Gasteiger charge is 2.30. The zero-order chi connectivity index (χ0) is 73.8. The summed E-state index contributed by atoms with van der Waals surface area (Å²) in [4.78, 5) is 73.0. The summed E-state index contributed by atoms with van der Waals surface area (Å²) < 4.78 is 68.7. The Kier molecular flexibility index (Phi) is 68.7. The number of aliphatic hydroxyl groups is 1. The fraction of sp³-hybridized carbons (Fsp3) is 0.951. The number of carbonyl (C=O) groups is 4. The predicted octanol–water partition coefficient (Wildman–Crippen LogP) is 24.0. The van der Waals surface area contributed by atoms with Gasteiger partial charge in [-0.25, -0.2) is 9.13 Å². The molecule has 0 aromatic heterocycles. The smallest absolute Gasteiger partial charge is 0.462 e. The van der Waals surface area contributed by atoms with Gasteiger partial charge in [0.1, 0.15) is 19.3 Å². The van der Waals surface area contributed by atoms with Crippen molar-refractivity contribution < 1.29 is 80.2 Å². The molecular weight excluding hydrogens is 1310 g/mol. The molecule has 0 fully saturated rings. The van der Waals surface area contributed by atoms with Gasteiger partial charge in [0.05, 0.1) is 26.4 Å². The first-order valence-corrected chi connectivity index (χ1v) is 44.7. The number of carbonyl (C=O) groups excluding carboxylic acids is 4. The van der Waals surface area contributed by atoms with E-state index in [1.807, 2.05) is 0 Å². The van der Waals surface area contributed by atoms with Gasteiger partial charge in [0, 0.05) is 25.7 Å². The van der Waals surface area contributed by atoms with Crippen molar-refractivity contribution in [2.24, 2.45) is 23.7 Å². The summed E-state index contributed by atoms with van der Waals surface area (Å²) in [6.07, 6.45) is 56.9. The van der Waals surface area contributed by atoms with Crippen molar-refractivity contribution in [1.82, 2.24) is 0 Å². The Morgan fingerprint density at radius 2 is 0.480 bits per heavy atom. The van der Waals surface area contributed by atoms with Gasteiger partial charge in [0.25, 0.3) is 0 Å². The Labute approximate surface area is 613 Å². The lowest BCUT2D eigenvalue weighted by Gasteiger charge is -2.21. The van der Waals surface area contributed by atoms with Crippen molar-refractivity contribution in [3.63, 3.8) is 0 Å². The molecule has 0 aromatic rings. The molecule has 6 atom stereocenters. The van der Waals surface area contributed by atoms with Crippen LogP contribution in [0, 0.1) is 23.7 Å². The van der Waals surface area contributed by atoms with Gasteiger partial charge in [0.15, 0.2) is 12.2 Å². The topological polar surface area (TPSA) is 237 Å². The molecule has 0 radical (unpaired) electrons. The van der Waals surface area contributed by atoms with Crippen LogP contribution >= 0.6 is 15.6 Å². The monoisotopic (exact) mass is 1470 g/mol. The van der Waals surface area contributed by atoms with Crippen LogP contribution in [-0.4, -0.2) is 96.7 Å². The van der Waals surface area contributed by atoms with E-state index in [1.165, 1.54) is 212 Å². The molecule has 0 aliphatic rings. The second-order valence-corrected chi connectivity index (χ2v) is 33.7. The summed E-state index contributed by atoms with van der Waals surface area (Å²) in [5.74, 6) is 1.00. The van der Waals surface area contributed by atoms with Crippen LogP contribution in [-0.2, 0) is 65.4 Å². The zero-order valence-electron chi connectivity index (χ0n) is 65.8. The molecule has 0 amide bonds. The van der Waals surface area contributed by atoms with Crippen LogP contribution in [0.25, 0.3) is 0 Å². The number of phosphoric ester groups is 2. The average Bonchev–Trinajstić information content (AvgIpc) is 0.941. The minimum absolute atomic E-state index is 0.106. The molecule has 0 saturated carbocycles. The molecule has 19 heteroatoms. The van der Waals surface area contributed by atoms with E-state index in [0.717, 1.165) is 114 Å². The molecular formula is C81H158O17P2. The van der Waals surface area contributed by atoms with Gasteiger partial charge in [-0.05, 0) is 49.4 Å². The molecule has 0 aromatic carbocycles.